The van der Waals surface area contributed by atoms with Crippen LogP contribution in [-0.2, 0) is 12.0 Å². The minimum Gasteiger partial charge on any atom is -0.296 e. The van der Waals surface area contributed by atoms with Crippen LogP contribution in [0.2, 0.25) is 0 Å². The molecule has 1 unspecified atom stereocenters. The normalized spacial score (nSPS) is 13.5. The lowest BCUT2D eigenvalue weighted by Crippen LogP contribution is -2.23. The van der Waals surface area contributed by atoms with E-state index in [1.165, 1.54) is 0 Å². The number of aromatic amines is 1. The van der Waals surface area contributed by atoms with Crippen molar-refractivity contribution >= 4 is 0 Å². The lowest BCUT2D eigenvalue weighted by Gasteiger charge is -2.13. The average molecular weight is 206 g/mol. The van der Waals surface area contributed by atoms with Crippen molar-refractivity contribution in [3.63, 3.8) is 0 Å². The molecule has 0 radical (unpaired) electrons. The summed E-state index contributed by atoms with van der Waals surface area (Å²) in [5, 5.41) is 18.9. The molecule has 0 saturated carbocycles. The van der Waals surface area contributed by atoms with Gasteiger partial charge in [0.25, 0.3) is 0 Å². The second-order valence-corrected chi connectivity index (χ2v) is 4.76. The van der Waals surface area contributed by atoms with Crippen molar-refractivity contribution < 1.29 is 0 Å². The number of nitrogens with zero attached hydrogens (tertiary/aromatic N) is 2. The van der Waals surface area contributed by atoms with E-state index in [1.54, 1.807) is 0 Å². The first-order valence-electron chi connectivity index (χ1n) is 5.11. The average Bonchev–Trinajstić information content (AvgIpc) is 2.61. The number of aromatic nitrogens is 2. The molecule has 4 heteroatoms. The van der Waals surface area contributed by atoms with Gasteiger partial charge in [-0.15, -0.1) is 0 Å². The first-order valence-corrected chi connectivity index (χ1v) is 5.11. The number of rotatable bonds is 3. The number of nitriles is 1. The molecule has 4 nitrogen and oxygen atoms in total. The van der Waals surface area contributed by atoms with Crippen LogP contribution in [0, 0.1) is 11.3 Å². The minimum atomic E-state index is -0.133. The Balaban J connectivity index is 2.59. The number of hydrogen-bond acceptors (Lipinski definition) is 3. The predicted octanol–water partition coefficient (Wildman–Crippen LogP) is 1.71. The quantitative estimate of drug-likeness (QED) is 0.791. The van der Waals surface area contributed by atoms with Gasteiger partial charge in [0.05, 0.1) is 17.8 Å². The Labute approximate surface area is 90.7 Å². The molecular formula is C11H18N4. The fraction of sp³-hybridized carbons (Fsp3) is 0.636. The molecule has 0 spiro atoms. The maximum atomic E-state index is 8.61. The summed E-state index contributed by atoms with van der Waals surface area (Å²) in [6.45, 7) is 8.85. The molecule has 15 heavy (non-hydrogen) atoms. The van der Waals surface area contributed by atoms with Gasteiger partial charge in [0.2, 0.25) is 0 Å². The highest BCUT2D eigenvalue weighted by Gasteiger charge is 2.17. The first kappa shape index (κ1) is 11.7. The summed E-state index contributed by atoms with van der Waals surface area (Å²) in [5.41, 5.74) is 2.13. The Morgan fingerprint density at radius 1 is 1.60 bits per heavy atom. The molecule has 82 valence electrons. The second kappa shape index (κ2) is 4.45. The third-order valence-corrected chi connectivity index (χ3v) is 2.19. The van der Waals surface area contributed by atoms with E-state index in [1.807, 2.05) is 13.0 Å². The molecule has 1 heterocycles. The standard InChI is InChI=1S/C11H18N4/c1-8(6-12)13-7-9-5-10(15-14-9)11(2,3)4/h5,8,13H,7H2,1-4H3,(H,14,15). The molecule has 0 aliphatic heterocycles. The van der Waals surface area contributed by atoms with E-state index < -0.39 is 0 Å². The predicted molar refractivity (Wildman–Crippen MR) is 59.2 cm³/mol. The van der Waals surface area contributed by atoms with Crippen molar-refractivity contribution in [1.82, 2.24) is 15.5 Å². The molecule has 0 aliphatic carbocycles. The fourth-order valence-corrected chi connectivity index (χ4v) is 1.15. The van der Waals surface area contributed by atoms with Crippen LogP contribution in [0.25, 0.3) is 0 Å². The van der Waals surface area contributed by atoms with E-state index in [0.717, 1.165) is 11.4 Å². The van der Waals surface area contributed by atoms with Gasteiger partial charge in [-0.05, 0) is 13.0 Å². The molecule has 0 bridgehead atoms. The Morgan fingerprint density at radius 3 is 2.73 bits per heavy atom. The Kier molecular flexibility index (Phi) is 3.48. The van der Waals surface area contributed by atoms with Crippen LogP contribution < -0.4 is 5.32 Å². The lowest BCUT2D eigenvalue weighted by molar-refractivity contribution is 0.566. The van der Waals surface area contributed by atoms with E-state index in [9.17, 15) is 0 Å². The highest BCUT2D eigenvalue weighted by Crippen LogP contribution is 2.20. The highest BCUT2D eigenvalue weighted by molar-refractivity contribution is 5.16. The van der Waals surface area contributed by atoms with Crippen molar-refractivity contribution in [2.75, 3.05) is 0 Å². The van der Waals surface area contributed by atoms with E-state index in [4.69, 9.17) is 5.26 Å². The Hall–Kier alpha value is -1.34. The zero-order valence-electron chi connectivity index (χ0n) is 9.76. The Morgan fingerprint density at radius 2 is 2.27 bits per heavy atom. The third kappa shape index (κ3) is 3.37. The summed E-state index contributed by atoms with van der Waals surface area (Å²) in [6, 6.07) is 4.03. The molecule has 0 aromatic carbocycles. The Bertz CT molecular complexity index is 353. The topological polar surface area (TPSA) is 64.5 Å². The van der Waals surface area contributed by atoms with Gasteiger partial charge < -0.3 is 0 Å². The van der Waals surface area contributed by atoms with E-state index in [-0.39, 0.29) is 11.5 Å². The summed E-state index contributed by atoms with van der Waals surface area (Å²) in [6.07, 6.45) is 0. The van der Waals surface area contributed by atoms with E-state index in [2.05, 4.69) is 42.4 Å². The van der Waals surface area contributed by atoms with Crippen LogP contribution in [0.5, 0.6) is 0 Å². The van der Waals surface area contributed by atoms with Crippen molar-refractivity contribution in [2.24, 2.45) is 0 Å². The maximum absolute atomic E-state index is 8.61. The van der Waals surface area contributed by atoms with Crippen molar-refractivity contribution in [1.29, 1.82) is 5.26 Å². The van der Waals surface area contributed by atoms with Gasteiger partial charge in [-0.1, -0.05) is 20.8 Å². The van der Waals surface area contributed by atoms with Gasteiger partial charge in [-0.3, -0.25) is 10.4 Å². The minimum absolute atomic E-state index is 0.0651. The first-order chi connectivity index (χ1) is 6.93. The highest BCUT2D eigenvalue weighted by atomic mass is 15.1. The largest absolute Gasteiger partial charge is 0.296 e. The van der Waals surface area contributed by atoms with Gasteiger partial charge in [0.1, 0.15) is 0 Å². The van der Waals surface area contributed by atoms with Gasteiger partial charge in [-0.2, -0.15) is 10.4 Å². The zero-order valence-corrected chi connectivity index (χ0v) is 9.76. The number of hydrogen-bond donors (Lipinski definition) is 2. The molecule has 1 rings (SSSR count). The molecular weight excluding hydrogens is 188 g/mol. The molecule has 2 N–H and O–H groups in total. The summed E-state index contributed by atoms with van der Waals surface area (Å²) in [4.78, 5) is 0. The second-order valence-electron chi connectivity index (χ2n) is 4.76. The van der Waals surface area contributed by atoms with E-state index in [0.29, 0.717) is 6.54 Å². The summed E-state index contributed by atoms with van der Waals surface area (Å²) < 4.78 is 0. The lowest BCUT2D eigenvalue weighted by atomic mass is 9.92. The monoisotopic (exact) mass is 206 g/mol. The van der Waals surface area contributed by atoms with Crippen LogP contribution >= 0.6 is 0 Å². The van der Waals surface area contributed by atoms with Crippen molar-refractivity contribution in [3.8, 4) is 6.07 Å². The van der Waals surface area contributed by atoms with Crippen LogP contribution in [0.3, 0.4) is 0 Å². The summed E-state index contributed by atoms with van der Waals surface area (Å²) in [7, 11) is 0. The van der Waals surface area contributed by atoms with Crippen molar-refractivity contribution in [2.45, 2.75) is 45.7 Å². The third-order valence-electron chi connectivity index (χ3n) is 2.19. The van der Waals surface area contributed by atoms with Crippen LogP contribution in [0.4, 0.5) is 0 Å². The number of nitrogens with one attached hydrogen (secondary N) is 2. The van der Waals surface area contributed by atoms with E-state index >= 15 is 0 Å². The van der Waals surface area contributed by atoms with Gasteiger partial charge in [-0.25, -0.2) is 0 Å². The van der Waals surface area contributed by atoms with Crippen molar-refractivity contribution in [3.05, 3.63) is 17.5 Å². The number of H-pyrrole nitrogens is 1. The molecule has 0 saturated heterocycles. The molecule has 1 aromatic heterocycles. The van der Waals surface area contributed by atoms with Gasteiger partial charge in [0.15, 0.2) is 0 Å². The molecule has 0 fully saturated rings. The molecule has 1 aromatic rings. The SMILES string of the molecule is CC(C#N)NCc1cc(C(C)(C)C)n[nH]1. The summed E-state index contributed by atoms with van der Waals surface area (Å²) in [5.74, 6) is 0. The van der Waals surface area contributed by atoms with Crippen LogP contribution in [0.15, 0.2) is 6.07 Å². The van der Waals surface area contributed by atoms with Crippen LogP contribution in [-0.4, -0.2) is 16.2 Å². The van der Waals surface area contributed by atoms with Gasteiger partial charge in [0, 0.05) is 17.7 Å². The maximum Gasteiger partial charge on any atom is 0.0927 e. The molecule has 0 amide bonds. The van der Waals surface area contributed by atoms with Gasteiger partial charge >= 0.3 is 0 Å². The summed E-state index contributed by atoms with van der Waals surface area (Å²) >= 11 is 0. The zero-order chi connectivity index (χ0) is 11.5. The fourth-order valence-electron chi connectivity index (χ4n) is 1.15. The smallest absolute Gasteiger partial charge is 0.0927 e. The molecule has 0 aliphatic rings. The van der Waals surface area contributed by atoms with Crippen LogP contribution in [0.1, 0.15) is 39.1 Å². The molecule has 1 atom stereocenters.